The highest BCUT2D eigenvalue weighted by atomic mass is 32.2. The fourth-order valence-corrected chi connectivity index (χ4v) is 3.95. The van der Waals surface area contributed by atoms with Crippen LogP contribution in [-0.2, 0) is 21.7 Å². The molecular weight excluding hydrogens is 278 g/mol. The summed E-state index contributed by atoms with van der Waals surface area (Å²) in [5.74, 6) is -0.573. The third-order valence-corrected chi connectivity index (χ3v) is 5.43. The van der Waals surface area contributed by atoms with Crippen molar-refractivity contribution >= 4 is 15.7 Å². The molecule has 0 spiro atoms. The lowest BCUT2D eigenvalue weighted by Crippen LogP contribution is -2.43. The van der Waals surface area contributed by atoms with E-state index in [-0.39, 0.29) is 11.2 Å². The first-order valence-corrected chi connectivity index (χ1v) is 8.55. The summed E-state index contributed by atoms with van der Waals surface area (Å²) in [6.45, 7) is 2.09. The Morgan fingerprint density at radius 2 is 2.15 bits per heavy atom. The molecular formula is C13H21N3O3S. The first kappa shape index (κ1) is 15.0. The van der Waals surface area contributed by atoms with Gasteiger partial charge in [-0.3, -0.25) is 4.79 Å². The number of rotatable bonds is 4. The van der Waals surface area contributed by atoms with Gasteiger partial charge in [-0.05, 0) is 18.8 Å². The van der Waals surface area contributed by atoms with Crippen LogP contribution in [0.3, 0.4) is 0 Å². The summed E-state index contributed by atoms with van der Waals surface area (Å²) < 4.78 is 25.6. The molecule has 1 fully saturated rings. The van der Waals surface area contributed by atoms with E-state index in [2.05, 4.69) is 17.2 Å². The second kappa shape index (κ2) is 5.95. The van der Waals surface area contributed by atoms with E-state index >= 15 is 0 Å². The Kier molecular flexibility index (Phi) is 4.47. The molecule has 1 aromatic rings. The fourth-order valence-electron chi connectivity index (χ4n) is 2.67. The van der Waals surface area contributed by atoms with Gasteiger partial charge < -0.3 is 9.88 Å². The second-order valence-electron chi connectivity index (χ2n) is 5.52. The molecule has 0 radical (unpaired) electrons. The number of nitrogens with one attached hydrogen (secondary N) is 1. The number of sulfone groups is 1. The molecule has 1 heterocycles. The minimum atomic E-state index is -3.68. The van der Waals surface area contributed by atoms with Crippen LogP contribution in [0.2, 0.25) is 0 Å². The highest BCUT2D eigenvalue weighted by molar-refractivity contribution is 7.91. The van der Waals surface area contributed by atoms with Crippen molar-refractivity contribution in [2.24, 2.45) is 13.0 Å². The Morgan fingerprint density at radius 3 is 2.75 bits per heavy atom. The van der Waals surface area contributed by atoms with Gasteiger partial charge in [0.15, 0.2) is 0 Å². The van der Waals surface area contributed by atoms with Crippen LogP contribution < -0.4 is 5.32 Å². The van der Waals surface area contributed by atoms with E-state index in [1.165, 1.54) is 17.2 Å². The van der Waals surface area contributed by atoms with Crippen molar-refractivity contribution in [2.75, 3.05) is 5.75 Å². The molecule has 6 nitrogen and oxygen atoms in total. The summed E-state index contributed by atoms with van der Waals surface area (Å²) >= 11 is 0. The number of hydrogen-bond donors (Lipinski definition) is 1. The average molecular weight is 299 g/mol. The number of aryl methyl sites for hydroxylation is 1. The smallest absolute Gasteiger partial charge is 0.235 e. The van der Waals surface area contributed by atoms with E-state index in [9.17, 15) is 13.2 Å². The average Bonchev–Trinajstić information content (AvgIpc) is 2.78. The van der Waals surface area contributed by atoms with E-state index in [0.29, 0.717) is 5.92 Å². The summed E-state index contributed by atoms with van der Waals surface area (Å²) in [6, 6.07) is 0.0906. The minimum absolute atomic E-state index is 0.0654. The van der Waals surface area contributed by atoms with Crippen LogP contribution in [0, 0.1) is 5.92 Å². The van der Waals surface area contributed by atoms with Gasteiger partial charge in [-0.25, -0.2) is 13.4 Å². The van der Waals surface area contributed by atoms with Gasteiger partial charge in [0.05, 0.1) is 0 Å². The number of hydrogen-bond acceptors (Lipinski definition) is 4. The summed E-state index contributed by atoms with van der Waals surface area (Å²) in [4.78, 5) is 15.7. The lowest BCUT2D eigenvalue weighted by atomic mass is 9.86. The van der Waals surface area contributed by atoms with Crippen molar-refractivity contribution in [3.8, 4) is 0 Å². The number of nitrogens with zero attached hydrogens (tertiary/aromatic N) is 2. The highest BCUT2D eigenvalue weighted by Crippen LogP contribution is 2.23. The predicted octanol–water partition coefficient (Wildman–Crippen LogP) is 0.889. The van der Waals surface area contributed by atoms with Gasteiger partial charge >= 0.3 is 0 Å². The standard InChI is InChI=1S/C13H21N3O3S/c1-10-5-3-4-6-11(10)15-12(17)9-20(18,19)13-14-7-8-16(13)2/h7-8,10-11H,3-6,9H2,1-2H3,(H,15,17). The number of imidazole rings is 1. The van der Waals surface area contributed by atoms with Gasteiger partial charge in [-0.1, -0.05) is 19.8 Å². The molecule has 20 heavy (non-hydrogen) atoms. The van der Waals surface area contributed by atoms with Gasteiger partial charge in [0.25, 0.3) is 0 Å². The number of amides is 1. The van der Waals surface area contributed by atoms with E-state index in [1.807, 2.05) is 0 Å². The van der Waals surface area contributed by atoms with Gasteiger partial charge in [0.2, 0.25) is 20.9 Å². The fraction of sp³-hybridized carbons (Fsp3) is 0.692. The van der Waals surface area contributed by atoms with Crippen LogP contribution in [0.1, 0.15) is 32.6 Å². The molecule has 2 rings (SSSR count). The molecule has 1 amide bonds. The normalized spacial score (nSPS) is 23.5. The SMILES string of the molecule is CC1CCCCC1NC(=O)CS(=O)(=O)c1nccn1C. The molecule has 2 unspecified atom stereocenters. The van der Waals surface area contributed by atoms with Crippen molar-refractivity contribution in [1.82, 2.24) is 14.9 Å². The van der Waals surface area contributed by atoms with Crippen molar-refractivity contribution in [3.63, 3.8) is 0 Å². The summed E-state index contributed by atoms with van der Waals surface area (Å²) in [7, 11) is -2.08. The zero-order valence-corrected chi connectivity index (χ0v) is 12.7. The van der Waals surface area contributed by atoms with E-state index < -0.39 is 21.5 Å². The van der Waals surface area contributed by atoms with Crippen LogP contribution in [0.25, 0.3) is 0 Å². The molecule has 2 atom stereocenters. The van der Waals surface area contributed by atoms with Gasteiger partial charge in [-0.15, -0.1) is 0 Å². The van der Waals surface area contributed by atoms with E-state index in [0.717, 1.165) is 19.3 Å². The molecule has 1 saturated carbocycles. The van der Waals surface area contributed by atoms with E-state index in [1.54, 1.807) is 13.2 Å². The van der Waals surface area contributed by atoms with Gasteiger partial charge in [0, 0.05) is 25.5 Å². The molecule has 1 aliphatic rings. The minimum Gasteiger partial charge on any atom is -0.352 e. The Bertz CT molecular complexity index is 579. The first-order valence-electron chi connectivity index (χ1n) is 6.89. The largest absolute Gasteiger partial charge is 0.352 e. The second-order valence-corrected chi connectivity index (χ2v) is 7.40. The predicted molar refractivity (Wildman–Crippen MR) is 74.8 cm³/mol. The zero-order valence-electron chi connectivity index (χ0n) is 11.9. The van der Waals surface area contributed by atoms with Crippen molar-refractivity contribution in [2.45, 2.75) is 43.8 Å². The van der Waals surface area contributed by atoms with Crippen molar-refractivity contribution < 1.29 is 13.2 Å². The quantitative estimate of drug-likeness (QED) is 0.895. The zero-order chi connectivity index (χ0) is 14.8. The Balaban J connectivity index is 1.99. The molecule has 0 aromatic carbocycles. The van der Waals surface area contributed by atoms with Crippen LogP contribution in [0.5, 0.6) is 0 Å². The Morgan fingerprint density at radius 1 is 1.45 bits per heavy atom. The van der Waals surface area contributed by atoms with Crippen LogP contribution in [-0.4, -0.2) is 35.7 Å². The molecule has 0 aliphatic heterocycles. The van der Waals surface area contributed by atoms with Crippen LogP contribution in [0.15, 0.2) is 17.6 Å². The topological polar surface area (TPSA) is 81.1 Å². The lowest BCUT2D eigenvalue weighted by Gasteiger charge is -2.29. The summed E-state index contributed by atoms with van der Waals surface area (Å²) in [6.07, 6.45) is 7.23. The third-order valence-electron chi connectivity index (χ3n) is 3.83. The monoisotopic (exact) mass is 299 g/mol. The molecule has 1 aromatic heterocycles. The Hall–Kier alpha value is -1.37. The molecule has 0 saturated heterocycles. The van der Waals surface area contributed by atoms with Gasteiger partial charge in [-0.2, -0.15) is 0 Å². The number of carbonyl (C=O) groups is 1. The first-order chi connectivity index (χ1) is 9.40. The molecule has 1 N–H and O–H groups in total. The molecule has 0 bridgehead atoms. The molecule has 7 heteroatoms. The highest BCUT2D eigenvalue weighted by Gasteiger charge is 2.27. The maximum Gasteiger partial charge on any atom is 0.235 e. The number of carbonyl (C=O) groups excluding carboxylic acids is 1. The maximum atomic E-state index is 12.1. The van der Waals surface area contributed by atoms with E-state index in [4.69, 9.17) is 0 Å². The van der Waals surface area contributed by atoms with Crippen molar-refractivity contribution in [3.05, 3.63) is 12.4 Å². The van der Waals surface area contributed by atoms with Gasteiger partial charge in [0.1, 0.15) is 5.75 Å². The van der Waals surface area contributed by atoms with Crippen LogP contribution in [0.4, 0.5) is 0 Å². The number of aromatic nitrogens is 2. The Labute approximate surface area is 119 Å². The molecule has 112 valence electrons. The molecule has 1 aliphatic carbocycles. The van der Waals surface area contributed by atoms with Crippen LogP contribution >= 0.6 is 0 Å². The third kappa shape index (κ3) is 3.39. The lowest BCUT2D eigenvalue weighted by molar-refractivity contribution is -0.119. The summed E-state index contributed by atoms with van der Waals surface area (Å²) in [5.41, 5.74) is 0. The maximum absolute atomic E-state index is 12.1. The van der Waals surface area contributed by atoms with Crippen molar-refractivity contribution in [1.29, 1.82) is 0 Å². The summed E-state index contributed by atoms with van der Waals surface area (Å²) in [5, 5.41) is 2.79.